The van der Waals surface area contributed by atoms with Crippen molar-refractivity contribution in [2.75, 3.05) is 18.0 Å². The van der Waals surface area contributed by atoms with Gasteiger partial charge in [-0.25, -0.2) is 4.98 Å². The molecule has 0 aliphatic carbocycles. The van der Waals surface area contributed by atoms with E-state index in [-0.39, 0.29) is 17.0 Å². The van der Waals surface area contributed by atoms with Gasteiger partial charge in [-0.2, -0.15) is 0 Å². The van der Waals surface area contributed by atoms with E-state index < -0.39 is 5.91 Å². The van der Waals surface area contributed by atoms with E-state index in [1.54, 1.807) is 19.2 Å². The number of hydrogen-bond donors (Lipinski definition) is 1. The summed E-state index contributed by atoms with van der Waals surface area (Å²) in [4.78, 5) is 32.0. The summed E-state index contributed by atoms with van der Waals surface area (Å²) in [6.45, 7) is 3.30. The van der Waals surface area contributed by atoms with Crippen molar-refractivity contribution in [1.82, 2.24) is 9.55 Å². The molecule has 0 radical (unpaired) electrons. The highest BCUT2D eigenvalue weighted by molar-refractivity contribution is 6.31. The molecule has 4 aromatic rings. The number of nitrogens with zero attached hydrogens (tertiary/aromatic N) is 3. The van der Waals surface area contributed by atoms with Crippen LogP contribution in [0.4, 0.5) is 5.69 Å². The van der Waals surface area contributed by atoms with Crippen LogP contribution < -0.4 is 16.2 Å². The third-order valence-electron chi connectivity index (χ3n) is 6.30. The number of anilines is 1. The Kier molecular flexibility index (Phi) is 4.93. The van der Waals surface area contributed by atoms with Gasteiger partial charge in [0, 0.05) is 36.5 Å². The number of amides is 1. The monoisotopic (exact) mass is 450 g/mol. The zero-order valence-corrected chi connectivity index (χ0v) is 18.6. The number of oxazole rings is 1. The lowest BCUT2D eigenvalue weighted by atomic mass is 9.95. The Morgan fingerprint density at radius 1 is 1.19 bits per heavy atom. The van der Waals surface area contributed by atoms with Crippen LogP contribution >= 0.6 is 11.6 Å². The largest absolute Gasteiger partial charge is 0.440 e. The van der Waals surface area contributed by atoms with Crippen LogP contribution in [0.2, 0.25) is 5.02 Å². The third-order valence-corrected chi connectivity index (χ3v) is 6.53. The quantitative estimate of drug-likeness (QED) is 0.506. The summed E-state index contributed by atoms with van der Waals surface area (Å²) in [5.41, 5.74) is 9.27. The van der Waals surface area contributed by atoms with Gasteiger partial charge in [-0.3, -0.25) is 9.59 Å². The van der Waals surface area contributed by atoms with E-state index in [0.29, 0.717) is 29.7 Å². The molecule has 7 nitrogen and oxygen atoms in total. The molecule has 32 heavy (non-hydrogen) atoms. The van der Waals surface area contributed by atoms with E-state index in [1.165, 1.54) is 4.57 Å². The molecule has 0 spiro atoms. The van der Waals surface area contributed by atoms with Crippen LogP contribution in [0.15, 0.2) is 45.6 Å². The molecule has 3 heterocycles. The summed E-state index contributed by atoms with van der Waals surface area (Å²) in [6.07, 6.45) is 1.56. The number of hydrogen-bond acceptors (Lipinski definition) is 5. The van der Waals surface area contributed by atoms with Gasteiger partial charge in [-0.05, 0) is 50.1 Å². The van der Waals surface area contributed by atoms with Crippen molar-refractivity contribution in [3.05, 3.63) is 68.8 Å². The molecule has 8 heteroatoms. The molecular weight excluding hydrogens is 428 g/mol. The van der Waals surface area contributed by atoms with E-state index in [0.717, 1.165) is 40.4 Å². The Bertz CT molecular complexity index is 1430. The average Bonchev–Trinajstić information content (AvgIpc) is 3.19. The van der Waals surface area contributed by atoms with Crippen LogP contribution in [0.25, 0.3) is 22.0 Å². The van der Waals surface area contributed by atoms with Gasteiger partial charge in [0.25, 0.3) is 11.5 Å². The van der Waals surface area contributed by atoms with Gasteiger partial charge in [0.2, 0.25) is 0 Å². The minimum atomic E-state index is -0.707. The minimum Gasteiger partial charge on any atom is -0.440 e. The van der Waals surface area contributed by atoms with E-state index in [9.17, 15) is 9.59 Å². The second kappa shape index (κ2) is 7.67. The number of carbonyl (C=O) groups is 1. The lowest BCUT2D eigenvalue weighted by molar-refractivity contribution is 0.0999. The third kappa shape index (κ3) is 3.33. The highest BCUT2D eigenvalue weighted by Gasteiger charge is 2.29. The van der Waals surface area contributed by atoms with Crippen molar-refractivity contribution in [1.29, 1.82) is 0 Å². The summed E-state index contributed by atoms with van der Waals surface area (Å²) in [7, 11) is 1.67. The smallest absolute Gasteiger partial charge is 0.265 e. The maximum atomic E-state index is 13.0. The van der Waals surface area contributed by atoms with Crippen LogP contribution in [0.5, 0.6) is 0 Å². The fourth-order valence-corrected chi connectivity index (χ4v) is 4.81. The predicted molar refractivity (Wildman–Crippen MR) is 126 cm³/mol. The molecule has 0 unspecified atom stereocenters. The van der Waals surface area contributed by atoms with E-state index in [1.807, 2.05) is 31.2 Å². The summed E-state index contributed by atoms with van der Waals surface area (Å²) < 4.78 is 7.47. The molecule has 1 amide bonds. The van der Waals surface area contributed by atoms with Crippen molar-refractivity contribution in [2.45, 2.75) is 25.7 Å². The van der Waals surface area contributed by atoms with Crippen molar-refractivity contribution >= 4 is 45.2 Å². The number of rotatable bonds is 3. The Morgan fingerprint density at radius 3 is 2.66 bits per heavy atom. The molecule has 1 saturated heterocycles. The SMILES string of the molecule is Cc1ccc2c(c1)c(N1CCC(c3nc4cc(Cl)ccc4o3)CC1)c(C(N)=O)c(=O)n2C. The van der Waals surface area contributed by atoms with Crippen LogP contribution in [0.3, 0.4) is 0 Å². The van der Waals surface area contributed by atoms with Gasteiger partial charge < -0.3 is 19.6 Å². The van der Waals surface area contributed by atoms with E-state index in [2.05, 4.69) is 9.88 Å². The standard InChI is InChI=1S/C24H23ClN4O3/c1-13-3-5-18-16(11-13)21(20(22(26)30)24(31)28(18)2)29-9-7-14(8-10-29)23-27-17-12-15(25)4-6-19(17)32-23/h3-6,11-12,14H,7-10H2,1-2H3,(H2,26,30). The number of carbonyl (C=O) groups excluding carboxylic acids is 1. The van der Waals surface area contributed by atoms with Gasteiger partial charge in [0.15, 0.2) is 11.5 Å². The van der Waals surface area contributed by atoms with Crippen LogP contribution in [0.1, 0.15) is 40.6 Å². The van der Waals surface area contributed by atoms with Crippen molar-refractivity contribution in [2.24, 2.45) is 12.8 Å². The molecule has 164 valence electrons. The molecule has 1 aliphatic rings. The van der Waals surface area contributed by atoms with Crippen molar-refractivity contribution in [3.63, 3.8) is 0 Å². The fraction of sp³-hybridized carbons (Fsp3) is 0.292. The Balaban J connectivity index is 1.52. The second-order valence-electron chi connectivity index (χ2n) is 8.40. The molecular formula is C24H23ClN4O3. The summed E-state index contributed by atoms with van der Waals surface area (Å²) in [5, 5.41) is 1.48. The molecule has 0 saturated carbocycles. The number of halogens is 1. The first kappa shape index (κ1) is 20.6. The zero-order chi connectivity index (χ0) is 22.6. The van der Waals surface area contributed by atoms with Gasteiger partial charge >= 0.3 is 0 Å². The molecule has 0 bridgehead atoms. The van der Waals surface area contributed by atoms with Gasteiger partial charge in [0.1, 0.15) is 11.1 Å². The predicted octanol–water partition coefficient (Wildman–Crippen LogP) is 4.12. The Labute approximate surface area is 189 Å². The number of pyridine rings is 1. The first-order valence-corrected chi connectivity index (χ1v) is 11.0. The highest BCUT2D eigenvalue weighted by atomic mass is 35.5. The maximum Gasteiger partial charge on any atom is 0.265 e. The molecule has 2 aromatic carbocycles. The molecule has 0 atom stereocenters. The molecule has 2 N–H and O–H groups in total. The molecule has 1 fully saturated rings. The summed E-state index contributed by atoms with van der Waals surface area (Å²) in [5.74, 6) is 0.137. The summed E-state index contributed by atoms with van der Waals surface area (Å²) in [6, 6.07) is 11.3. The van der Waals surface area contributed by atoms with Crippen LogP contribution in [0, 0.1) is 6.92 Å². The number of primary amides is 1. The van der Waals surface area contributed by atoms with E-state index in [4.69, 9.17) is 21.8 Å². The number of fused-ring (bicyclic) bond motifs is 2. The van der Waals surface area contributed by atoms with Crippen LogP contribution in [-0.4, -0.2) is 28.5 Å². The molecule has 5 rings (SSSR count). The molecule has 1 aliphatic heterocycles. The second-order valence-corrected chi connectivity index (χ2v) is 8.83. The lowest BCUT2D eigenvalue weighted by Crippen LogP contribution is -2.38. The maximum absolute atomic E-state index is 13.0. The number of benzene rings is 2. The van der Waals surface area contributed by atoms with Crippen molar-refractivity contribution in [3.8, 4) is 0 Å². The number of nitrogens with two attached hydrogens (primary N) is 1. The first-order valence-electron chi connectivity index (χ1n) is 10.6. The fourth-order valence-electron chi connectivity index (χ4n) is 4.64. The first-order chi connectivity index (χ1) is 15.3. The van der Waals surface area contributed by atoms with Crippen molar-refractivity contribution < 1.29 is 9.21 Å². The lowest BCUT2D eigenvalue weighted by Gasteiger charge is -2.34. The zero-order valence-electron chi connectivity index (χ0n) is 17.9. The van der Waals surface area contributed by atoms with Gasteiger partial charge in [0.05, 0.1) is 11.2 Å². The topological polar surface area (TPSA) is 94.4 Å². The summed E-state index contributed by atoms with van der Waals surface area (Å²) >= 11 is 6.07. The van der Waals surface area contributed by atoms with E-state index >= 15 is 0 Å². The van der Waals surface area contributed by atoms with Crippen LogP contribution in [-0.2, 0) is 7.05 Å². The number of piperidine rings is 1. The van der Waals surface area contributed by atoms with Gasteiger partial charge in [-0.15, -0.1) is 0 Å². The highest BCUT2D eigenvalue weighted by Crippen LogP contribution is 2.36. The Hall–Kier alpha value is -3.32. The number of aromatic nitrogens is 2. The molecule has 2 aromatic heterocycles. The Morgan fingerprint density at radius 2 is 1.94 bits per heavy atom. The number of aryl methyl sites for hydroxylation is 2. The average molecular weight is 451 g/mol. The normalized spacial score (nSPS) is 15.0. The minimum absolute atomic E-state index is 0.0422. The van der Waals surface area contributed by atoms with Gasteiger partial charge in [-0.1, -0.05) is 23.2 Å².